The molecule has 1 unspecified atom stereocenters. The minimum Gasteiger partial charge on any atom is -0.118 e. The highest BCUT2D eigenvalue weighted by atomic mass is 79.9. The molecule has 4 aliphatic carbocycles. The van der Waals surface area contributed by atoms with Gasteiger partial charge in [0.2, 0.25) is 0 Å². The van der Waals surface area contributed by atoms with Gasteiger partial charge in [0.05, 0.1) is 5.38 Å². The molecule has 4 fully saturated rings. The monoisotopic (exact) mass is 430 g/mol. The van der Waals surface area contributed by atoms with Crippen molar-refractivity contribution in [2.75, 3.05) is 0 Å². The quantitative estimate of drug-likeness (QED) is 0.447. The summed E-state index contributed by atoms with van der Waals surface area (Å²) in [7, 11) is 0. The summed E-state index contributed by atoms with van der Waals surface area (Å²) in [5, 5.41) is 0.133. The minimum atomic E-state index is 0.133. The highest BCUT2D eigenvalue weighted by Crippen LogP contribution is 2.63. The molecule has 0 radical (unpaired) electrons. The van der Waals surface area contributed by atoms with Crippen LogP contribution in [0.4, 0.5) is 0 Å². The second-order valence-electron chi connectivity index (χ2n) is 7.76. The van der Waals surface area contributed by atoms with Crippen molar-refractivity contribution in [1.29, 1.82) is 0 Å². The first-order valence-electron chi connectivity index (χ1n) is 8.12. The lowest BCUT2D eigenvalue weighted by molar-refractivity contribution is -0.0576. The number of hydrogen-bond donors (Lipinski definition) is 0. The molecule has 0 spiro atoms. The van der Waals surface area contributed by atoms with Crippen molar-refractivity contribution in [3.63, 3.8) is 0 Å². The second kappa shape index (κ2) is 5.53. The van der Waals surface area contributed by atoms with E-state index >= 15 is 0 Å². The van der Waals surface area contributed by atoms with Crippen LogP contribution in [0, 0.1) is 23.2 Å². The van der Waals surface area contributed by atoms with Gasteiger partial charge in [-0.1, -0.05) is 31.9 Å². The Morgan fingerprint density at radius 2 is 1.62 bits per heavy atom. The summed E-state index contributed by atoms with van der Waals surface area (Å²) in [5.74, 6) is 3.02. The first-order valence-corrected chi connectivity index (χ1v) is 10.1. The zero-order valence-corrected chi connectivity index (χ0v) is 16.1. The molecule has 0 aromatic heterocycles. The summed E-state index contributed by atoms with van der Waals surface area (Å²) < 4.78 is 2.27. The third kappa shape index (κ3) is 2.85. The Balaban J connectivity index is 1.56. The van der Waals surface area contributed by atoms with E-state index in [1.165, 1.54) is 44.1 Å². The predicted molar refractivity (Wildman–Crippen MR) is 95.7 cm³/mol. The highest BCUT2D eigenvalue weighted by molar-refractivity contribution is 9.11. The van der Waals surface area contributed by atoms with Gasteiger partial charge < -0.3 is 0 Å². The maximum atomic E-state index is 6.87. The third-order valence-electron chi connectivity index (χ3n) is 6.07. The molecule has 0 N–H and O–H groups in total. The maximum Gasteiger partial charge on any atom is 0.0602 e. The largest absolute Gasteiger partial charge is 0.118 e. The van der Waals surface area contributed by atoms with E-state index in [0.717, 1.165) is 33.1 Å². The Morgan fingerprint density at radius 3 is 2.19 bits per heavy atom. The van der Waals surface area contributed by atoms with Gasteiger partial charge in [-0.3, -0.25) is 0 Å². The van der Waals surface area contributed by atoms with Gasteiger partial charge in [-0.05, 0) is 91.9 Å². The van der Waals surface area contributed by atoms with Crippen molar-refractivity contribution in [3.8, 4) is 0 Å². The van der Waals surface area contributed by atoms with Gasteiger partial charge >= 0.3 is 0 Å². The molecule has 1 aromatic rings. The molecular weight excluding hydrogens is 411 g/mol. The second-order valence-corrected chi connectivity index (χ2v) is 10.1. The molecule has 0 nitrogen and oxygen atoms in total. The Bertz CT molecular complexity index is 519. The molecule has 5 rings (SSSR count). The molecule has 0 amide bonds. The number of hydrogen-bond acceptors (Lipinski definition) is 0. The molecule has 4 bridgehead atoms. The molecule has 4 saturated carbocycles. The Kier molecular flexibility index (Phi) is 3.95. The fourth-order valence-corrected chi connectivity index (χ4v) is 7.33. The average molecular weight is 433 g/mol. The van der Waals surface area contributed by atoms with Gasteiger partial charge in [0, 0.05) is 8.95 Å². The van der Waals surface area contributed by atoms with Crippen LogP contribution >= 0.6 is 43.5 Å². The summed E-state index contributed by atoms with van der Waals surface area (Å²) in [5.41, 5.74) is 1.80. The summed E-state index contributed by atoms with van der Waals surface area (Å²) >= 11 is 14.1. The Morgan fingerprint density at radius 1 is 1.05 bits per heavy atom. The number of rotatable bonds is 3. The summed E-state index contributed by atoms with van der Waals surface area (Å²) in [4.78, 5) is 0. The van der Waals surface area contributed by atoms with Crippen LogP contribution in [0.5, 0.6) is 0 Å². The van der Waals surface area contributed by atoms with Crippen LogP contribution in [0.15, 0.2) is 27.1 Å². The van der Waals surface area contributed by atoms with E-state index < -0.39 is 0 Å². The molecule has 1 aromatic carbocycles. The molecule has 4 aliphatic rings. The van der Waals surface area contributed by atoms with Crippen molar-refractivity contribution < 1.29 is 0 Å². The van der Waals surface area contributed by atoms with Crippen molar-refractivity contribution in [3.05, 3.63) is 32.7 Å². The summed E-state index contributed by atoms with van der Waals surface area (Å²) in [6, 6.07) is 6.36. The molecule has 21 heavy (non-hydrogen) atoms. The van der Waals surface area contributed by atoms with Gasteiger partial charge in [-0.15, -0.1) is 11.6 Å². The van der Waals surface area contributed by atoms with Gasteiger partial charge in [-0.25, -0.2) is 0 Å². The number of alkyl halides is 1. The molecular formula is C18H21Br2Cl. The SMILES string of the molecule is ClC(CC12CC3CC(CC(C3)C1)C2)c1cc(Br)ccc1Br. The topological polar surface area (TPSA) is 0 Å². The van der Waals surface area contributed by atoms with Crippen LogP contribution in [0.1, 0.15) is 55.9 Å². The van der Waals surface area contributed by atoms with E-state index in [1.54, 1.807) is 0 Å². The van der Waals surface area contributed by atoms with Gasteiger partial charge in [0.25, 0.3) is 0 Å². The Labute approximate surface area is 149 Å². The van der Waals surface area contributed by atoms with Gasteiger partial charge in [0.1, 0.15) is 0 Å². The summed E-state index contributed by atoms with van der Waals surface area (Å²) in [6.45, 7) is 0. The van der Waals surface area contributed by atoms with Crippen LogP contribution < -0.4 is 0 Å². The lowest BCUT2D eigenvalue weighted by atomic mass is 9.48. The maximum absolute atomic E-state index is 6.87. The Hall–Kier alpha value is 0.470. The number of halogens is 3. The average Bonchev–Trinajstić information content (AvgIpc) is 2.39. The first kappa shape index (κ1) is 15.0. The van der Waals surface area contributed by atoms with Crippen LogP contribution in [0.3, 0.4) is 0 Å². The zero-order valence-electron chi connectivity index (χ0n) is 12.1. The van der Waals surface area contributed by atoms with Crippen LogP contribution in [-0.4, -0.2) is 0 Å². The highest BCUT2D eigenvalue weighted by Gasteiger charge is 2.51. The molecule has 1 atom stereocenters. The van der Waals surface area contributed by atoms with Crippen molar-refractivity contribution in [2.24, 2.45) is 23.2 Å². The number of benzene rings is 1. The smallest absolute Gasteiger partial charge is 0.0602 e. The molecule has 0 aliphatic heterocycles. The van der Waals surface area contributed by atoms with Gasteiger partial charge in [0.15, 0.2) is 0 Å². The third-order valence-corrected chi connectivity index (χ3v) is 7.68. The zero-order chi connectivity index (χ0) is 14.6. The van der Waals surface area contributed by atoms with Gasteiger partial charge in [-0.2, -0.15) is 0 Å². The van der Waals surface area contributed by atoms with Crippen molar-refractivity contribution in [2.45, 2.75) is 50.3 Å². The van der Waals surface area contributed by atoms with Crippen LogP contribution in [0.2, 0.25) is 0 Å². The van der Waals surface area contributed by atoms with E-state index in [2.05, 4.69) is 50.1 Å². The molecule has 0 heterocycles. The fourth-order valence-electron chi connectivity index (χ4n) is 5.78. The van der Waals surface area contributed by atoms with Crippen LogP contribution in [0.25, 0.3) is 0 Å². The van der Waals surface area contributed by atoms with E-state index in [-0.39, 0.29) is 5.38 Å². The van der Waals surface area contributed by atoms with Crippen LogP contribution in [-0.2, 0) is 0 Å². The van der Waals surface area contributed by atoms with E-state index in [4.69, 9.17) is 11.6 Å². The predicted octanol–water partition coefficient (Wildman–Crippen LogP) is 7.10. The van der Waals surface area contributed by atoms with E-state index in [1.807, 2.05) is 0 Å². The van der Waals surface area contributed by atoms with E-state index in [0.29, 0.717) is 5.41 Å². The lowest BCUT2D eigenvalue weighted by Gasteiger charge is -2.57. The molecule has 114 valence electrons. The van der Waals surface area contributed by atoms with Crippen molar-refractivity contribution >= 4 is 43.5 Å². The van der Waals surface area contributed by atoms with Crippen molar-refractivity contribution in [1.82, 2.24) is 0 Å². The molecule has 3 heteroatoms. The minimum absolute atomic E-state index is 0.133. The molecule has 0 saturated heterocycles. The first-order chi connectivity index (χ1) is 10.0. The lowest BCUT2D eigenvalue weighted by Crippen LogP contribution is -2.46. The fraction of sp³-hybridized carbons (Fsp3) is 0.667. The summed E-state index contributed by atoms with van der Waals surface area (Å²) in [6.07, 6.45) is 10.00. The van der Waals surface area contributed by atoms with E-state index in [9.17, 15) is 0 Å². The standard InChI is InChI=1S/C18H21Br2Cl/c19-14-1-2-16(20)15(6-14)17(21)10-18-7-11-3-12(8-18)5-13(4-11)9-18/h1-2,6,11-13,17H,3-5,7-10H2. The normalized spacial score (nSPS) is 38.7.